The fraction of sp³-hybridized carbons (Fsp3) is 0.294. The van der Waals surface area contributed by atoms with Gasteiger partial charge in [-0.1, -0.05) is 0 Å². The van der Waals surface area contributed by atoms with Gasteiger partial charge in [0.05, 0.1) is 11.3 Å². The normalized spacial score (nSPS) is 12.3. The lowest BCUT2D eigenvalue weighted by Crippen LogP contribution is -2.21. The topological polar surface area (TPSA) is 75.7 Å². The number of carbonyl (C=O) groups excluding carboxylic acids is 1. The number of nitrogens with one attached hydrogen (secondary N) is 2. The van der Waals surface area contributed by atoms with E-state index in [2.05, 4.69) is 20.5 Å². The summed E-state index contributed by atoms with van der Waals surface area (Å²) in [6, 6.07) is 7.07. The molecule has 0 atom stereocenters. The summed E-state index contributed by atoms with van der Waals surface area (Å²) in [5, 5.41) is 6.09. The summed E-state index contributed by atoms with van der Waals surface area (Å²) in [7, 11) is 4.02. The standard InChI is InChI=1S/C17H20N4O3/c1-21(2)6-5-19-14-7-12(9-18-10-14)17(22)20-13-3-4-15-16(8-13)24-11-23-15/h3-4,7-10,19H,5-6,11H2,1-2H3,(H,20,22). The number of hydrogen-bond acceptors (Lipinski definition) is 6. The molecule has 2 N–H and O–H groups in total. The summed E-state index contributed by atoms with van der Waals surface area (Å²) in [6.07, 6.45) is 3.24. The number of ether oxygens (including phenoxy) is 2. The first-order valence-electron chi connectivity index (χ1n) is 7.66. The minimum Gasteiger partial charge on any atom is -0.454 e. The van der Waals surface area contributed by atoms with Crippen LogP contribution in [-0.4, -0.2) is 49.8 Å². The largest absolute Gasteiger partial charge is 0.454 e. The molecule has 0 fully saturated rings. The molecule has 0 radical (unpaired) electrons. The lowest BCUT2D eigenvalue weighted by atomic mass is 10.2. The van der Waals surface area contributed by atoms with Crippen molar-refractivity contribution in [3.05, 3.63) is 42.2 Å². The van der Waals surface area contributed by atoms with Gasteiger partial charge in [0.15, 0.2) is 11.5 Å². The fourth-order valence-corrected chi connectivity index (χ4v) is 2.26. The Morgan fingerprint density at radius 1 is 1.17 bits per heavy atom. The van der Waals surface area contributed by atoms with Crippen LogP contribution in [0.25, 0.3) is 0 Å². The molecular weight excluding hydrogens is 308 g/mol. The zero-order chi connectivity index (χ0) is 16.9. The quantitative estimate of drug-likeness (QED) is 0.845. The van der Waals surface area contributed by atoms with E-state index in [9.17, 15) is 4.79 Å². The summed E-state index contributed by atoms with van der Waals surface area (Å²) >= 11 is 0. The second-order valence-corrected chi connectivity index (χ2v) is 5.71. The first-order valence-corrected chi connectivity index (χ1v) is 7.66. The number of nitrogens with zero attached hydrogens (tertiary/aromatic N) is 2. The Hall–Kier alpha value is -2.80. The summed E-state index contributed by atoms with van der Waals surface area (Å²) < 4.78 is 10.6. The van der Waals surface area contributed by atoms with Gasteiger partial charge in [-0.3, -0.25) is 9.78 Å². The van der Waals surface area contributed by atoms with Gasteiger partial charge in [0.25, 0.3) is 5.91 Å². The van der Waals surface area contributed by atoms with E-state index in [0.29, 0.717) is 22.7 Å². The molecule has 7 heteroatoms. The molecule has 3 rings (SSSR count). The van der Waals surface area contributed by atoms with Crippen molar-refractivity contribution >= 4 is 17.3 Å². The molecule has 1 aliphatic heterocycles. The smallest absolute Gasteiger partial charge is 0.257 e. The van der Waals surface area contributed by atoms with E-state index in [1.807, 2.05) is 14.1 Å². The number of amides is 1. The predicted octanol–water partition coefficient (Wildman–Crippen LogP) is 2.04. The first-order chi connectivity index (χ1) is 11.6. The maximum Gasteiger partial charge on any atom is 0.257 e. The molecule has 0 aliphatic carbocycles. The zero-order valence-corrected chi connectivity index (χ0v) is 13.7. The van der Waals surface area contributed by atoms with E-state index in [-0.39, 0.29) is 12.7 Å². The number of rotatable bonds is 6. The van der Waals surface area contributed by atoms with Crippen LogP contribution in [-0.2, 0) is 0 Å². The maximum absolute atomic E-state index is 12.4. The number of benzene rings is 1. The first kappa shape index (κ1) is 16.1. The van der Waals surface area contributed by atoms with Crippen molar-refractivity contribution in [1.82, 2.24) is 9.88 Å². The van der Waals surface area contributed by atoms with Crippen LogP contribution in [0.1, 0.15) is 10.4 Å². The Morgan fingerprint density at radius 3 is 2.83 bits per heavy atom. The average molecular weight is 328 g/mol. The number of fused-ring (bicyclic) bond motifs is 1. The number of carbonyl (C=O) groups is 1. The molecule has 24 heavy (non-hydrogen) atoms. The molecule has 7 nitrogen and oxygen atoms in total. The molecule has 1 amide bonds. The molecule has 2 aromatic rings. The Labute approximate surface area is 140 Å². The van der Waals surface area contributed by atoms with E-state index < -0.39 is 0 Å². The Kier molecular flexibility index (Phi) is 4.81. The third kappa shape index (κ3) is 3.94. The van der Waals surface area contributed by atoms with E-state index >= 15 is 0 Å². The highest BCUT2D eigenvalue weighted by Crippen LogP contribution is 2.34. The zero-order valence-electron chi connectivity index (χ0n) is 13.7. The van der Waals surface area contributed by atoms with E-state index in [1.165, 1.54) is 0 Å². The van der Waals surface area contributed by atoms with Crippen molar-refractivity contribution in [3.63, 3.8) is 0 Å². The van der Waals surface area contributed by atoms with Crippen molar-refractivity contribution in [2.24, 2.45) is 0 Å². The van der Waals surface area contributed by atoms with E-state index in [1.54, 1.807) is 36.7 Å². The van der Waals surface area contributed by atoms with Crippen LogP contribution in [0.3, 0.4) is 0 Å². The van der Waals surface area contributed by atoms with Gasteiger partial charge in [-0.15, -0.1) is 0 Å². The highest BCUT2D eigenvalue weighted by molar-refractivity contribution is 6.04. The van der Waals surface area contributed by atoms with Crippen LogP contribution in [0.4, 0.5) is 11.4 Å². The lowest BCUT2D eigenvalue weighted by Gasteiger charge is -2.12. The van der Waals surface area contributed by atoms with Gasteiger partial charge < -0.3 is 25.0 Å². The summed E-state index contributed by atoms with van der Waals surface area (Å²) in [5.74, 6) is 1.09. The molecule has 0 saturated heterocycles. The lowest BCUT2D eigenvalue weighted by molar-refractivity contribution is 0.102. The minimum absolute atomic E-state index is 0.206. The highest BCUT2D eigenvalue weighted by Gasteiger charge is 2.15. The van der Waals surface area contributed by atoms with Gasteiger partial charge in [-0.2, -0.15) is 0 Å². The molecule has 0 spiro atoms. The summed E-state index contributed by atoms with van der Waals surface area (Å²) in [5.41, 5.74) is 1.95. The molecule has 1 aromatic carbocycles. The van der Waals surface area contributed by atoms with Gasteiger partial charge in [0, 0.05) is 37.2 Å². The molecule has 0 unspecified atom stereocenters. The van der Waals surface area contributed by atoms with Crippen molar-refractivity contribution in [2.75, 3.05) is 44.6 Å². The molecule has 1 aliphatic rings. The molecule has 0 bridgehead atoms. The van der Waals surface area contributed by atoms with E-state index in [4.69, 9.17) is 9.47 Å². The van der Waals surface area contributed by atoms with Crippen LogP contribution < -0.4 is 20.1 Å². The third-order valence-corrected chi connectivity index (χ3v) is 3.52. The Balaban J connectivity index is 1.64. The number of aromatic nitrogens is 1. The molecule has 1 aromatic heterocycles. The monoisotopic (exact) mass is 328 g/mol. The maximum atomic E-state index is 12.4. The van der Waals surface area contributed by atoms with Gasteiger partial charge in [0.1, 0.15) is 0 Å². The van der Waals surface area contributed by atoms with Crippen molar-refractivity contribution in [2.45, 2.75) is 0 Å². The Morgan fingerprint density at radius 2 is 2.00 bits per heavy atom. The predicted molar refractivity (Wildman–Crippen MR) is 91.8 cm³/mol. The SMILES string of the molecule is CN(C)CCNc1cncc(C(=O)Nc2ccc3c(c2)OCO3)c1. The number of pyridine rings is 1. The van der Waals surface area contributed by atoms with Gasteiger partial charge in [0.2, 0.25) is 6.79 Å². The highest BCUT2D eigenvalue weighted by atomic mass is 16.7. The van der Waals surface area contributed by atoms with Crippen molar-refractivity contribution in [1.29, 1.82) is 0 Å². The molecule has 0 saturated carbocycles. The molecular formula is C17H20N4O3. The summed E-state index contributed by atoms with van der Waals surface area (Å²) in [4.78, 5) is 18.6. The summed E-state index contributed by atoms with van der Waals surface area (Å²) in [6.45, 7) is 1.88. The van der Waals surface area contributed by atoms with Crippen LogP contribution in [0.15, 0.2) is 36.7 Å². The molecule has 126 valence electrons. The average Bonchev–Trinajstić information content (AvgIpc) is 3.02. The number of anilines is 2. The van der Waals surface area contributed by atoms with Gasteiger partial charge in [-0.05, 0) is 32.3 Å². The minimum atomic E-state index is -0.224. The Bertz CT molecular complexity index is 734. The van der Waals surface area contributed by atoms with Crippen molar-refractivity contribution in [3.8, 4) is 11.5 Å². The second kappa shape index (κ2) is 7.18. The van der Waals surface area contributed by atoms with Crippen LogP contribution >= 0.6 is 0 Å². The fourth-order valence-electron chi connectivity index (χ4n) is 2.26. The second-order valence-electron chi connectivity index (χ2n) is 5.71. The van der Waals surface area contributed by atoms with Gasteiger partial charge >= 0.3 is 0 Å². The number of likely N-dealkylation sites (N-methyl/N-ethyl adjacent to an activating group) is 1. The number of hydrogen-bond donors (Lipinski definition) is 2. The van der Waals surface area contributed by atoms with Crippen molar-refractivity contribution < 1.29 is 14.3 Å². The van der Waals surface area contributed by atoms with Gasteiger partial charge in [-0.25, -0.2) is 0 Å². The third-order valence-electron chi connectivity index (χ3n) is 3.52. The van der Waals surface area contributed by atoms with Crippen LogP contribution in [0.2, 0.25) is 0 Å². The van der Waals surface area contributed by atoms with E-state index in [0.717, 1.165) is 18.8 Å². The molecule has 2 heterocycles. The van der Waals surface area contributed by atoms with Crippen LogP contribution in [0.5, 0.6) is 11.5 Å². The van der Waals surface area contributed by atoms with Crippen LogP contribution in [0, 0.1) is 0 Å².